The molecule has 10 nitrogen and oxygen atoms in total. The smallest absolute Gasteiger partial charge is 0.270 e. The highest BCUT2D eigenvalue weighted by Crippen LogP contribution is 2.25. The number of nitrogens with zero attached hydrogens (tertiary/aromatic N) is 4. The maximum atomic E-state index is 12.8. The second-order valence-electron chi connectivity index (χ2n) is 8.90. The molecule has 1 atom stereocenters. The Morgan fingerprint density at radius 1 is 1.06 bits per heavy atom. The highest BCUT2D eigenvalue weighted by atomic mass is 16.5. The number of nitrogens with one attached hydrogen (secondary N) is 3. The molecule has 0 aliphatic carbocycles. The van der Waals surface area contributed by atoms with Gasteiger partial charge in [-0.3, -0.25) is 9.78 Å². The van der Waals surface area contributed by atoms with Crippen molar-refractivity contribution in [3.63, 3.8) is 0 Å². The molecule has 0 bridgehead atoms. The van der Waals surface area contributed by atoms with Gasteiger partial charge in [0.15, 0.2) is 0 Å². The molecular formula is C26H27N7O3. The molecule has 6 rings (SSSR count). The van der Waals surface area contributed by atoms with E-state index in [1.54, 1.807) is 12.4 Å². The number of fused-ring (bicyclic) bond motifs is 1. The van der Waals surface area contributed by atoms with Crippen molar-refractivity contribution in [3.05, 3.63) is 60.6 Å². The van der Waals surface area contributed by atoms with Crippen molar-refractivity contribution in [2.45, 2.75) is 12.5 Å². The first-order chi connectivity index (χ1) is 17.7. The van der Waals surface area contributed by atoms with Crippen LogP contribution in [0.25, 0.3) is 22.3 Å². The Bertz CT molecular complexity index is 1380. The Balaban J connectivity index is 1.18. The maximum absolute atomic E-state index is 12.8. The van der Waals surface area contributed by atoms with Crippen LogP contribution in [-0.2, 0) is 4.74 Å². The van der Waals surface area contributed by atoms with Gasteiger partial charge in [0.1, 0.15) is 17.5 Å². The lowest BCUT2D eigenvalue weighted by atomic mass is 10.2. The third-order valence-corrected chi connectivity index (χ3v) is 6.35. The average molecular weight is 486 g/mol. The fourth-order valence-corrected chi connectivity index (χ4v) is 4.48. The Labute approximate surface area is 208 Å². The van der Waals surface area contributed by atoms with E-state index >= 15 is 0 Å². The number of rotatable bonds is 6. The van der Waals surface area contributed by atoms with Gasteiger partial charge in [0.25, 0.3) is 5.91 Å². The Morgan fingerprint density at radius 2 is 1.94 bits per heavy atom. The summed E-state index contributed by atoms with van der Waals surface area (Å²) < 4.78 is 11.4. The number of benzene rings is 1. The lowest BCUT2D eigenvalue weighted by Crippen LogP contribution is -2.46. The first kappa shape index (κ1) is 22.4. The van der Waals surface area contributed by atoms with E-state index in [1.807, 2.05) is 47.4 Å². The summed E-state index contributed by atoms with van der Waals surface area (Å²) in [7, 11) is 0. The van der Waals surface area contributed by atoms with Crippen molar-refractivity contribution < 1.29 is 14.3 Å². The second-order valence-corrected chi connectivity index (χ2v) is 8.90. The molecule has 2 aliphatic rings. The van der Waals surface area contributed by atoms with E-state index in [2.05, 4.69) is 30.6 Å². The van der Waals surface area contributed by atoms with E-state index < -0.39 is 0 Å². The molecule has 10 heteroatoms. The quantitative estimate of drug-likeness (QED) is 0.382. The number of carbonyl (C=O) groups is 1. The van der Waals surface area contributed by atoms with Gasteiger partial charge in [-0.1, -0.05) is 0 Å². The van der Waals surface area contributed by atoms with Gasteiger partial charge >= 0.3 is 0 Å². The molecular weight excluding hydrogens is 458 g/mol. The van der Waals surface area contributed by atoms with Crippen molar-refractivity contribution >= 4 is 28.4 Å². The van der Waals surface area contributed by atoms with E-state index in [0.717, 1.165) is 48.5 Å². The minimum atomic E-state index is 0.0254. The fraction of sp³-hybridized carbons (Fsp3) is 0.308. The summed E-state index contributed by atoms with van der Waals surface area (Å²) in [5.41, 5.74) is 3.72. The predicted molar refractivity (Wildman–Crippen MR) is 135 cm³/mol. The monoisotopic (exact) mass is 485 g/mol. The van der Waals surface area contributed by atoms with Gasteiger partial charge in [0.2, 0.25) is 5.95 Å². The van der Waals surface area contributed by atoms with Crippen molar-refractivity contribution in [1.29, 1.82) is 0 Å². The molecule has 36 heavy (non-hydrogen) atoms. The van der Waals surface area contributed by atoms with Crippen LogP contribution < -0.4 is 15.4 Å². The minimum Gasteiger partial charge on any atom is -0.488 e. The third-order valence-electron chi connectivity index (χ3n) is 6.35. The summed E-state index contributed by atoms with van der Waals surface area (Å²) in [6.45, 7) is 4.41. The van der Waals surface area contributed by atoms with Crippen molar-refractivity contribution in [3.8, 4) is 17.1 Å². The number of hydrogen-bond acceptors (Lipinski definition) is 8. The van der Waals surface area contributed by atoms with Crippen LogP contribution in [0.4, 0.5) is 11.6 Å². The number of anilines is 2. The highest BCUT2D eigenvalue weighted by molar-refractivity contribution is 5.98. The molecule has 0 radical (unpaired) electrons. The molecule has 2 saturated heterocycles. The van der Waals surface area contributed by atoms with E-state index in [4.69, 9.17) is 9.47 Å². The number of carbonyl (C=O) groups excluding carboxylic acids is 1. The van der Waals surface area contributed by atoms with Crippen LogP contribution in [0, 0.1) is 0 Å². The first-order valence-electron chi connectivity index (χ1n) is 12.1. The molecule has 2 aliphatic heterocycles. The lowest BCUT2D eigenvalue weighted by molar-refractivity contribution is 0.0731. The third kappa shape index (κ3) is 4.86. The molecule has 2 fully saturated rings. The number of H-pyrrole nitrogens is 1. The van der Waals surface area contributed by atoms with Gasteiger partial charge in [-0.2, -0.15) is 0 Å². The SMILES string of the molecule is O=C(c1cc2cc(Nc3nccc(-c4cc(O[C@@H]5CCOC5)ccn4)n3)ccc2[nH]1)N1CCNCC1. The van der Waals surface area contributed by atoms with Crippen molar-refractivity contribution in [1.82, 2.24) is 30.2 Å². The van der Waals surface area contributed by atoms with Gasteiger partial charge in [-0.15, -0.1) is 0 Å². The van der Waals surface area contributed by atoms with E-state index in [9.17, 15) is 4.79 Å². The number of pyridine rings is 1. The molecule has 3 aromatic heterocycles. The molecule has 0 saturated carbocycles. The average Bonchev–Trinajstić information content (AvgIpc) is 3.59. The van der Waals surface area contributed by atoms with E-state index in [1.165, 1.54) is 0 Å². The number of aromatic nitrogens is 4. The molecule has 0 spiro atoms. The molecule has 0 unspecified atom stereocenters. The maximum Gasteiger partial charge on any atom is 0.270 e. The summed E-state index contributed by atoms with van der Waals surface area (Å²) in [4.78, 5) is 31.4. The summed E-state index contributed by atoms with van der Waals surface area (Å²) in [5, 5.41) is 7.48. The van der Waals surface area contributed by atoms with Crippen LogP contribution in [-0.4, -0.2) is 76.2 Å². The van der Waals surface area contributed by atoms with Crippen LogP contribution in [0.5, 0.6) is 5.75 Å². The summed E-state index contributed by atoms with van der Waals surface area (Å²) in [6.07, 6.45) is 4.37. The van der Waals surface area contributed by atoms with Crippen LogP contribution in [0.2, 0.25) is 0 Å². The molecule has 5 heterocycles. The Kier molecular flexibility index (Phi) is 6.18. The van der Waals surface area contributed by atoms with Crippen LogP contribution in [0.1, 0.15) is 16.9 Å². The molecule has 3 N–H and O–H groups in total. The minimum absolute atomic E-state index is 0.0254. The topological polar surface area (TPSA) is 117 Å². The normalized spacial score (nSPS) is 17.9. The molecule has 184 valence electrons. The van der Waals surface area contributed by atoms with Gasteiger partial charge in [0, 0.05) is 67.7 Å². The Hall–Kier alpha value is -4.02. The predicted octanol–water partition coefficient (Wildman–Crippen LogP) is 2.98. The Morgan fingerprint density at radius 3 is 2.81 bits per heavy atom. The number of hydrogen-bond donors (Lipinski definition) is 3. The largest absolute Gasteiger partial charge is 0.488 e. The lowest BCUT2D eigenvalue weighted by Gasteiger charge is -2.26. The standard InChI is InChI=1S/C26H27N7O3/c34-25(33-10-8-27-9-11-33)24-14-17-13-18(1-2-21(17)31-24)30-26-29-7-4-22(32-26)23-15-19(3-6-28-23)36-20-5-12-35-16-20/h1-4,6-7,13-15,20,27,31H,5,8-12,16H2,(H,29,30,32)/t20-/m1/s1. The zero-order chi connectivity index (χ0) is 24.3. The van der Waals surface area contributed by atoms with E-state index in [-0.39, 0.29) is 12.0 Å². The van der Waals surface area contributed by atoms with Gasteiger partial charge in [0.05, 0.1) is 24.6 Å². The van der Waals surface area contributed by atoms with Gasteiger partial charge in [-0.25, -0.2) is 9.97 Å². The van der Waals surface area contributed by atoms with Crippen molar-refractivity contribution in [2.75, 3.05) is 44.7 Å². The van der Waals surface area contributed by atoms with Crippen LogP contribution >= 0.6 is 0 Å². The van der Waals surface area contributed by atoms with Crippen LogP contribution in [0.3, 0.4) is 0 Å². The summed E-state index contributed by atoms with van der Waals surface area (Å²) >= 11 is 0. The number of aromatic amines is 1. The van der Waals surface area contributed by atoms with Crippen LogP contribution in [0.15, 0.2) is 54.9 Å². The summed E-state index contributed by atoms with van der Waals surface area (Å²) in [6, 6.07) is 13.3. The van der Waals surface area contributed by atoms with Crippen molar-refractivity contribution in [2.24, 2.45) is 0 Å². The number of ether oxygens (including phenoxy) is 2. The van der Waals surface area contributed by atoms with Gasteiger partial charge < -0.3 is 30.0 Å². The summed E-state index contributed by atoms with van der Waals surface area (Å²) in [5.74, 6) is 1.22. The molecule has 4 aromatic rings. The highest BCUT2D eigenvalue weighted by Gasteiger charge is 2.20. The molecule has 1 aromatic carbocycles. The first-order valence-corrected chi connectivity index (χ1v) is 12.1. The van der Waals surface area contributed by atoms with E-state index in [0.29, 0.717) is 42.7 Å². The zero-order valence-corrected chi connectivity index (χ0v) is 19.7. The zero-order valence-electron chi connectivity index (χ0n) is 19.7. The number of piperazine rings is 1. The molecule has 1 amide bonds. The second kappa shape index (κ2) is 9.92. The fourth-order valence-electron chi connectivity index (χ4n) is 4.48. The van der Waals surface area contributed by atoms with Gasteiger partial charge in [-0.05, 0) is 36.4 Å². The number of amides is 1.